The van der Waals surface area contributed by atoms with Crippen molar-refractivity contribution in [3.63, 3.8) is 0 Å². The molecule has 2 aromatic carbocycles. The van der Waals surface area contributed by atoms with Gasteiger partial charge in [0.25, 0.3) is 0 Å². The van der Waals surface area contributed by atoms with Crippen molar-refractivity contribution >= 4 is 10.8 Å². The first kappa shape index (κ1) is 18.2. The fourth-order valence-electron chi connectivity index (χ4n) is 3.30. The molecule has 0 N–H and O–H groups in total. The highest BCUT2D eigenvalue weighted by atomic mass is 16.5. The molecule has 0 saturated carbocycles. The summed E-state index contributed by atoms with van der Waals surface area (Å²) in [5.74, 6) is 0.901. The molecular formula is C21H29NO3. The monoisotopic (exact) mass is 343 g/mol. The smallest absolute Gasteiger partial charge is 0.120 e. The highest BCUT2D eigenvalue weighted by Gasteiger charge is 2.10. The van der Waals surface area contributed by atoms with Crippen molar-refractivity contribution in [2.24, 2.45) is 0 Å². The van der Waals surface area contributed by atoms with Gasteiger partial charge < -0.3 is 14.2 Å². The van der Waals surface area contributed by atoms with Crippen molar-refractivity contribution in [3.8, 4) is 5.75 Å². The van der Waals surface area contributed by atoms with Gasteiger partial charge in [-0.25, -0.2) is 0 Å². The summed E-state index contributed by atoms with van der Waals surface area (Å²) in [4.78, 5) is 2.56. The van der Waals surface area contributed by atoms with Gasteiger partial charge in [-0.05, 0) is 60.5 Å². The number of methoxy groups -OCH3 is 1. The second-order valence-corrected chi connectivity index (χ2v) is 6.63. The van der Waals surface area contributed by atoms with Gasteiger partial charge in [0.15, 0.2) is 0 Å². The van der Waals surface area contributed by atoms with E-state index >= 15 is 0 Å². The van der Waals surface area contributed by atoms with Gasteiger partial charge in [-0.1, -0.05) is 24.6 Å². The Labute approximate surface area is 150 Å². The fraction of sp³-hybridized carbons (Fsp3) is 0.524. The van der Waals surface area contributed by atoms with E-state index < -0.39 is 0 Å². The first-order valence-electron chi connectivity index (χ1n) is 9.30. The summed E-state index contributed by atoms with van der Waals surface area (Å²) in [5, 5.41) is 2.50. The Balaban J connectivity index is 1.56. The van der Waals surface area contributed by atoms with E-state index in [1.165, 1.54) is 48.7 Å². The minimum atomic E-state index is 0.558. The van der Waals surface area contributed by atoms with Crippen molar-refractivity contribution in [3.05, 3.63) is 42.0 Å². The van der Waals surface area contributed by atoms with Crippen LogP contribution in [-0.2, 0) is 16.0 Å². The van der Waals surface area contributed by atoms with Crippen molar-refractivity contribution in [2.45, 2.75) is 25.8 Å². The highest BCUT2D eigenvalue weighted by molar-refractivity contribution is 5.84. The van der Waals surface area contributed by atoms with E-state index in [1.807, 2.05) is 6.07 Å². The molecule has 0 radical (unpaired) electrons. The maximum absolute atomic E-state index is 5.81. The molecule has 0 spiro atoms. The molecule has 0 atom stereocenters. The average Bonchev–Trinajstić information content (AvgIpc) is 2.65. The van der Waals surface area contributed by atoms with Crippen LogP contribution in [0, 0.1) is 0 Å². The number of likely N-dealkylation sites (tertiary alicyclic amines) is 1. The quantitative estimate of drug-likeness (QED) is 0.647. The van der Waals surface area contributed by atoms with Crippen LogP contribution in [0.1, 0.15) is 24.8 Å². The van der Waals surface area contributed by atoms with Crippen molar-refractivity contribution in [2.75, 3.05) is 46.6 Å². The lowest BCUT2D eigenvalue weighted by Gasteiger charge is -2.26. The van der Waals surface area contributed by atoms with Crippen LogP contribution >= 0.6 is 0 Å². The second kappa shape index (κ2) is 9.76. The molecule has 1 heterocycles. The summed E-state index contributed by atoms with van der Waals surface area (Å²) in [6.07, 6.45) is 4.04. The number of benzene rings is 2. The SMILES string of the molecule is COCCOCCOc1ccc2ccc(CN3CCCCC3)cc2c1. The van der Waals surface area contributed by atoms with Crippen LogP contribution in [0.2, 0.25) is 0 Å². The summed E-state index contributed by atoms with van der Waals surface area (Å²) >= 11 is 0. The lowest BCUT2D eigenvalue weighted by Crippen LogP contribution is -2.29. The Bertz CT molecular complexity index is 653. The Morgan fingerprint density at radius 1 is 0.840 bits per heavy atom. The lowest BCUT2D eigenvalue weighted by atomic mass is 10.1. The molecule has 1 aliphatic heterocycles. The molecule has 3 rings (SSSR count). The highest BCUT2D eigenvalue weighted by Crippen LogP contribution is 2.23. The van der Waals surface area contributed by atoms with E-state index in [0.29, 0.717) is 26.4 Å². The van der Waals surface area contributed by atoms with Crippen LogP contribution in [-0.4, -0.2) is 51.5 Å². The standard InChI is InChI=1S/C21H29NO3/c1-23-11-12-24-13-14-25-21-8-7-19-6-5-18(15-20(19)16-21)17-22-9-3-2-4-10-22/h5-8,15-16H,2-4,9-14,17H2,1H3. The Hall–Kier alpha value is -1.62. The van der Waals surface area contributed by atoms with Crippen LogP contribution in [0.25, 0.3) is 10.8 Å². The Morgan fingerprint density at radius 3 is 2.48 bits per heavy atom. The number of fused-ring (bicyclic) bond motifs is 1. The van der Waals surface area contributed by atoms with Crippen molar-refractivity contribution < 1.29 is 14.2 Å². The van der Waals surface area contributed by atoms with E-state index in [9.17, 15) is 0 Å². The number of nitrogens with zero attached hydrogens (tertiary/aromatic N) is 1. The van der Waals surface area contributed by atoms with Gasteiger partial charge in [0.05, 0.1) is 19.8 Å². The van der Waals surface area contributed by atoms with E-state index in [1.54, 1.807) is 7.11 Å². The predicted molar refractivity (Wildman–Crippen MR) is 101 cm³/mol. The van der Waals surface area contributed by atoms with E-state index in [2.05, 4.69) is 35.2 Å². The van der Waals surface area contributed by atoms with Crippen LogP contribution in [0.3, 0.4) is 0 Å². The number of piperidine rings is 1. The lowest BCUT2D eigenvalue weighted by molar-refractivity contribution is 0.0544. The fourth-order valence-corrected chi connectivity index (χ4v) is 3.30. The Kier molecular flexibility index (Phi) is 7.10. The molecule has 0 aromatic heterocycles. The van der Waals surface area contributed by atoms with Crippen LogP contribution in [0.15, 0.2) is 36.4 Å². The molecule has 4 heteroatoms. The first-order valence-corrected chi connectivity index (χ1v) is 9.30. The average molecular weight is 343 g/mol. The van der Waals surface area contributed by atoms with Gasteiger partial charge >= 0.3 is 0 Å². The first-order chi connectivity index (χ1) is 12.3. The third kappa shape index (κ3) is 5.70. The molecule has 136 valence electrons. The largest absolute Gasteiger partial charge is 0.491 e. The Morgan fingerprint density at radius 2 is 1.64 bits per heavy atom. The topological polar surface area (TPSA) is 30.9 Å². The zero-order valence-corrected chi connectivity index (χ0v) is 15.2. The molecule has 0 aliphatic carbocycles. The summed E-state index contributed by atoms with van der Waals surface area (Å²) in [7, 11) is 1.68. The molecule has 0 amide bonds. The zero-order chi connectivity index (χ0) is 17.3. The molecule has 0 bridgehead atoms. The van der Waals surface area contributed by atoms with E-state index in [-0.39, 0.29) is 0 Å². The van der Waals surface area contributed by atoms with Gasteiger partial charge in [-0.2, -0.15) is 0 Å². The van der Waals surface area contributed by atoms with Gasteiger partial charge in [-0.15, -0.1) is 0 Å². The third-order valence-corrected chi connectivity index (χ3v) is 4.66. The minimum Gasteiger partial charge on any atom is -0.491 e. The number of hydrogen-bond acceptors (Lipinski definition) is 4. The maximum atomic E-state index is 5.81. The molecule has 25 heavy (non-hydrogen) atoms. The van der Waals surface area contributed by atoms with Gasteiger partial charge in [0.1, 0.15) is 12.4 Å². The molecule has 1 fully saturated rings. The normalized spacial score (nSPS) is 15.6. The van der Waals surface area contributed by atoms with Gasteiger partial charge in [-0.3, -0.25) is 4.90 Å². The number of hydrogen-bond donors (Lipinski definition) is 0. The van der Waals surface area contributed by atoms with Crippen LogP contribution in [0.5, 0.6) is 5.75 Å². The molecule has 4 nitrogen and oxygen atoms in total. The predicted octanol–water partition coefficient (Wildman–Crippen LogP) is 3.87. The minimum absolute atomic E-state index is 0.558. The van der Waals surface area contributed by atoms with E-state index in [0.717, 1.165) is 12.3 Å². The van der Waals surface area contributed by atoms with Crippen molar-refractivity contribution in [1.82, 2.24) is 4.90 Å². The van der Waals surface area contributed by atoms with Gasteiger partial charge in [0, 0.05) is 13.7 Å². The summed E-state index contributed by atoms with van der Waals surface area (Å²) in [6, 6.07) is 13.0. The molecule has 0 unspecified atom stereocenters. The number of rotatable bonds is 9. The summed E-state index contributed by atoms with van der Waals surface area (Å²) < 4.78 is 16.2. The molecule has 1 aliphatic rings. The molecular weight excluding hydrogens is 314 g/mol. The summed E-state index contributed by atoms with van der Waals surface area (Å²) in [5.41, 5.74) is 1.38. The van der Waals surface area contributed by atoms with Crippen LogP contribution in [0.4, 0.5) is 0 Å². The molecule has 1 saturated heterocycles. The second-order valence-electron chi connectivity index (χ2n) is 6.63. The van der Waals surface area contributed by atoms with Crippen molar-refractivity contribution in [1.29, 1.82) is 0 Å². The maximum Gasteiger partial charge on any atom is 0.120 e. The third-order valence-electron chi connectivity index (χ3n) is 4.66. The molecule has 2 aromatic rings. The zero-order valence-electron chi connectivity index (χ0n) is 15.2. The van der Waals surface area contributed by atoms with E-state index in [4.69, 9.17) is 14.2 Å². The summed E-state index contributed by atoms with van der Waals surface area (Å²) in [6.45, 7) is 5.87. The van der Waals surface area contributed by atoms with Crippen LogP contribution < -0.4 is 4.74 Å². The van der Waals surface area contributed by atoms with Gasteiger partial charge in [0.2, 0.25) is 0 Å². The number of ether oxygens (including phenoxy) is 3.